The van der Waals surface area contributed by atoms with Crippen molar-refractivity contribution in [2.45, 2.75) is 18.2 Å². The molecule has 0 atom stereocenters. The summed E-state index contributed by atoms with van der Waals surface area (Å²) in [5, 5.41) is 5.20. The number of halogens is 1. The van der Waals surface area contributed by atoms with Gasteiger partial charge >= 0.3 is 5.97 Å². The third-order valence-corrected chi connectivity index (χ3v) is 4.23. The van der Waals surface area contributed by atoms with E-state index in [0.717, 1.165) is 4.90 Å². The Morgan fingerprint density at radius 3 is 2.37 bits per heavy atom. The van der Waals surface area contributed by atoms with E-state index < -0.39 is 18.5 Å². The van der Waals surface area contributed by atoms with E-state index in [4.69, 9.17) is 4.74 Å². The van der Waals surface area contributed by atoms with E-state index in [1.165, 1.54) is 30.8 Å². The first kappa shape index (κ1) is 20.4. The SMILES string of the molecule is CC(=O)Nc1cccc(NC(=O)COC(=O)CCSc2ccc(F)cc2)c1. The number of hydrogen-bond acceptors (Lipinski definition) is 5. The molecule has 0 saturated carbocycles. The van der Waals surface area contributed by atoms with Gasteiger partial charge in [0.1, 0.15) is 5.82 Å². The maximum atomic E-state index is 12.8. The number of thioether (sulfide) groups is 1. The lowest BCUT2D eigenvalue weighted by atomic mass is 10.2. The van der Waals surface area contributed by atoms with Crippen LogP contribution in [-0.4, -0.2) is 30.1 Å². The molecule has 0 fully saturated rings. The molecule has 2 aromatic rings. The maximum Gasteiger partial charge on any atom is 0.307 e. The monoisotopic (exact) mass is 390 g/mol. The molecular formula is C19H19FN2O4S. The molecule has 2 rings (SSSR count). The highest BCUT2D eigenvalue weighted by molar-refractivity contribution is 7.99. The van der Waals surface area contributed by atoms with Crippen LogP contribution >= 0.6 is 11.8 Å². The largest absolute Gasteiger partial charge is 0.456 e. The van der Waals surface area contributed by atoms with Crippen molar-refractivity contribution in [3.63, 3.8) is 0 Å². The number of anilines is 2. The standard InChI is InChI=1S/C19H19FN2O4S/c1-13(23)21-15-3-2-4-16(11-15)22-18(24)12-26-19(25)9-10-27-17-7-5-14(20)6-8-17/h2-8,11H,9-10,12H2,1H3,(H,21,23)(H,22,24). The number of amides is 2. The Kier molecular flexibility index (Phi) is 7.81. The second-order valence-electron chi connectivity index (χ2n) is 5.52. The molecular weight excluding hydrogens is 371 g/mol. The average Bonchev–Trinajstić information content (AvgIpc) is 2.61. The van der Waals surface area contributed by atoms with Crippen LogP contribution in [0, 0.1) is 5.82 Å². The van der Waals surface area contributed by atoms with Crippen molar-refractivity contribution in [1.82, 2.24) is 0 Å². The molecule has 0 unspecified atom stereocenters. The molecule has 142 valence electrons. The first-order valence-electron chi connectivity index (χ1n) is 8.14. The van der Waals surface area contributed by atoms with Crippen molar-refractivity contribution in [2.75, 3.05) is 23.0 Å². The summed E-state index contributed by atoms with van der Waals surface area (Å²) in [6.07, 6.45) is 0.132. The Balaban J connectivity index is 1.69. The second-order valence-corrected chi connectivity index (χ2v) is 6.69. The second kappa shape index (κ2) is 10.3. The van der Waals surface area contributed by atoms with E-state index >= 15 is 0 Å². The van der Waals surface area contributed by atoms with Gasteiger partial charge in [-0.2, -0.15) is 0 Å². The first-order chi connectivity index (χ1) is 12.9. The van der Waals surface area contributed by atoms with Gasteiger partial charge < -0.3 is 15.4 Å². The number of carbonyl (C=O) groups excluding carboxylic acids is 3. The van der Waals surface area contributed by atoms with Crippen LogP contribution in [0.15, 0.2) is 53.4 Å². The highest BCUT2D eigenvalue weighted by Gasteiger charge is 2.09. The van der Waals surface area contributed by atoms with Crippen LogP contribution in [-0.2, 0) is 19.1 Å². The Bertz CT molecular complexity index is 812. The molecule has 0 bridgehead atoms. The van der Waals surface area contributed by atoms with Gasteiger partial charge in [-0.15, -0.1) is 11.8 Å². The number of esters is 1. The van der Waals surface area contributed by atoms with Crippen LogP contribution < -0.4 is 10.6 Å². The van der Waals surface area contributed by atoms with Gasteiger partial charge in [0.2, 0.25) is 5.91 Å². The molecule has 6 nitrogen and oxygen atoms in total. The molecule has 2 N–H and O–H groups in total. The van der Waals surface area contributed by atoms with Crippen LogP contribution in [0.2, 0.25) is 0 Å². The Hall–Kier alpha value is -2.87. The highest BCUT2D eigenvalue weighted by atomic mass is 32.2. The van der Waals surface area contributed by atoms with Crippen LogP contribution in [0.1, 0.15) is 13.3 Å². The molecule has 2 amide bonds. The van der Waals surface area contributed by atoms with Crippen molar-refractivity contribution < 1.29 is 23.5 Å². The first-order valence-corrected chi connectivity index (χ1v) is 9.12. The minimum absolute atomic E-state index is 0.132. The van der Waals surface area contributed by atoms with Gasteiger partial charge in [-0.3, -0.25) is 14.4 Å². The average molecular weight is 390 g/mol. The predicted octanol–water partition coefficient (Wildman–Crippen LogP) is 3.45. The quantitative estimate of drug-likeness (QED) is 0.533. The zero-order valence-electron chi connectivity index (χ0n) is 14.7. The van der Waals surface area contributed by atoms with Crippen LogP contribution in [0.3, 0.4) is 0 Å². The third kappa shape index (κ3) is 7.91. The molecule has 0 spiro atoms. The summed E-state index contributed by atoms with van der Waals surface area (Å²) in [4.78, 5) is 35.4. The predicted molar refractivity (Wildman–Crippen MR) is 102 cm³/mol. The Labute approximate surface area is 160 Å². The van der Waals surface area contributed by atoms with Crippen LogP contribution in [0.4, 0.5) is 15.8 Å². The summed E-state index contributed by atoms with van der Waals surface area (Å²) < 4.78 is 17.7. The fourth-order valence-corrected chi connectivity index (χ4v) is 2.91. The van der Waals surface area contributed by atoms with E-state index in [1.807, 2.05) is 0 Å². The fraction of sp³-hybridized carbons (Fsp3) is 0.211. The van der Waals surface area contributed by atoms with Gasteiger partial charge in [0, 0.05) is 28.9 Å². The Morgan fingerprint density at radius 1 is 1.04 bits per heavy atom. The smallest absolute Gasteiger partial charge is 0.307 e. The number of rotatable bonds is 8. The lowest BCUT2D eigenvalue weighted by molar-refractivity contribution is -0.146. The summed E-state index contributed by atoms with van der Waals surface area (Å²) in [6, 6.07) is 12.6. The number of nitrogens with one attached hydrogen (secondary N) is 2. The van der Waals surface area contributed by atoms with Crippen molar-refractivity contribution in [3.05, 3.63) is 54.3 Å². The minimum Gasteiger partial charge on any atom is -0.456 e. The van der Waals surface area contributed by atoms with Crippen molar-refractivity contribution in [2.24, 2.45) is 0 Å². The van der Waals surface area contributed by atoms with Crippen molar-refractivity contribution in [3.8, 4) is 0 Å². The van der Waals surface area contributed by atoms with Crippen molar-refractivity contribution >= 4 is 40.9 Å². The maximum absolute atomic E-state index is 12.8. The van der Waals surface area contributed by atoms with Gasteiger partial charge in [-0.1, -0.05) is 6.07 Å². The lowest BCUT2D eigenvalue weighted by Crippen LogP contribution is -2.21. The van der Waals surface area contributed by atoms with Crippen LogP contribution in [0.25, 0.3) is 0 Å². The summed E-state index contributed by atoms with van der Waals surface area (Å²) in [5.41, 5.74) is 1.03. The topological polar surface area (TPSA) is 84.5 Å². The van der Waals surface area contributed by atoms with E-state index in [1.54, 1.807) is 36.4 Å². The summed E-state index contributed by atoms with van der Waals surface area (Å²) in [6.45, 7) is 0.990. The van der Waals surface area contributed by atoms with E-state index in [-0.39, 0.29) is 18.1 Å². The zero-order valence-corrected chi connectivity index (χ0v) is 15.5. The minimum atomic E-state index is -0.494. The number of hydrogen-bond donors (Lipinski definition) is 2. The lowest BCUT2D eigenvalue weighted by Gasteiger charge is -2.08. The van der Waals surface area contributed by atoms with Gasteiger partial charge in [0.15, 0.2) is 6.61 Å². The molecule has 27 heavy (non-hydrogen) atoms. The number of carbonyl (C=O) groups is 3. The molecule has 0 saturated heterocycles. The molecule has 0 aliphatic heterocycles. The van der Waals surface area contributed by atoms with Crippen molar-refractivity contribution in [1.29, 1.82) is 0 Å². The molecule has 0 radical (unpaired) electrons. The molecule has 0 aliphatic rings. The molecule has 0 aromatic heterocycles. The van der Waals surface area contributed by atoms with E-state index in [2.05, 4.69) is 10.6 Å². The molecule has 0 heterocycles. The van der Waals surface area contributed by atoms with E-state index in [9.17, 15) is 18.8 Å². The third-order valence-electron chi connectivity index (χ3n) is 3.22. The normalized spacial score (nSPS) is 10.1. The fourth-order valence-electron chi connectivity index (χ4n) is 2.08. The van der Waals surface area contributed by atoms with Crippen LogP contribution in [0.5, 0.6) is 0 Å². The van der Waals surface area contributed by atoms with Gasteiger partial charge in [0.05, 0.1) is 6.42 Å². The highest BCUT2D eigenvalue weighted by Crippen LogP contribution is 2.19. The number of ether oxygens (including phenoxy) is 1. The summed E-state index contributed by atoms with van der Waals surface area (Å²) >= 11 is 1.40. The van der Waals surface area contributed by atoms with Gasteiger partial charge in [-0.25, -0.2) is 4.39 Å². The molecule has 0 aliphatic carbocycles. The summed E-state index contributed by atoms with van der Waals surface area (Å²) in [5.74, 6) is -1.04. The van der Waals surface area contributed by atoms with Gasteiger partial charge in [0.25, 0.3) is 5.91 Å². The molecule has 8 heteroatoms. The zero-order chi connectivity index (χ0) is 19.6. The Morgan fingerprint density at radius 2 is 1.70 bits per heavy atom. The molecule has 2 aromatic carbocycles. The van der Waals surface area contributed by atoms with Gasteiger partial charge in [-0.05, 0) is 42.5 Å². The number of benzene rings is 2. The van der Waals surface area contributed by atoms with E-state index in [0.29, 0.717) is 17.1 Å². The summed E-state index contributed by atoms with van der Waals surface area (Å²) in [7, 11) is 0.